The van der Waals surface area contributed by atoms with Gasteiger partial charge in [-0.2, -0.15) is 12.3 Å². The van der Waals surface area contributed by atoms with Crippen molar-refractivity contribution >= 4 is 16.0 Å². The Bertz CT molecular complexity index is 497. The maximum atomic E-state index is 11.3. The van der Waals surface area contributed by atoms with Gasteiger partial charge in [0.1, 0.15) is 6.54 Å². The van der Waals surface area contributed by atoms with Crippen LogP contribution in [0.3, 0.4) is 0 Å². The molecule has 1 aliphatic heterocycles. The quantitative estimate of drug-likeness (QED) is 0.535. The van der Waals surface area contributed by atoms with Crippen molar-refractivity contribution in [2.45, 2.75) is 12.8 Å². The zero-order valence-corrected chi connectivity index (χ0v) is 9.49. The largest absolute Gasteiger partial charge is 0.701 e. The first kappa shape index (κ1) is 10.6. The highest BCUT2D eigenvalue weighted by Gasteiger charge is 2.43. The van der Waals surface area contributed by atoms with Gasteiger partial charge in [0.05, 0.1) is 7.05 Å². The van der Waals surface area contributed by atoms with Gasteiger partial charge in [0.25, 0.3) is 10.3 Å². The summed E-state index contributed by atoms with van der Waals surface area (Å²) in [5.41, 5.74) is 1.57. The minimum atomic E-state index is -4.36. The molecule has 0 aliphatic carbocycles. The summed E-state index contributed by atoms with van der Waals surface area (Å²) < 4.78 is 33.3. The highest BCUT2D eigenvalue weighted by Crippen LogP contribution is 2.41. The zero-order chi connectivity index (χ0) is 11.3. The van der Waals surface area contributed by atoms with E-state index in [4.69, 9.17) is 0 Å². The summed E-state index contributed by atoms with van der Waals surface area (Å²) in [6.07, 6.45) is 0. The van der Waals surface area contributed by atoms with Gasteiger partial charge in [-0.3, -0.25) is 0 Å². The van der Waals surface area contributed by atoms with E-state index in [1.165, 1.54) is 7.05 Å². The Morgan fingerprint density at radius 2 is 2.00 bits per heavy atom. The Balaban J connectivity index is 2.68. The van der Waals surface area contributed by atoms with Crippen LogP contribution in [-0.2, 0) is 10.3 Å². The van der Waals surface area contributed by atoms with E-state index in [-0.39, 0.29) is 5.92 Å². The van der Waals surface area contributed by atoms with Gasteiger partial charge in [-0.05, 0) is 0 Å². The molecule has 15 heavy (non-hydrogen) atoms. The van der Waals surface area contributed by atoms with Crippen LogP contribution in [0.5, 0.6) is 0 Å². The molecule has 4 nitrogen and oxygen atoms in total. The van der Waals surface area contributed by atoms with Crippen molar-refractivity contribution in [1.82, 2.24) is 3.89 Å². The van der Waals surface area contributed by atoms with Crippen LogP contribution in [-0.4, -0.2) is 26.6 Å². The van der Waals surface area contributed by atoms with E-state index in [9.17, 15) is 13.0 Å². The highest BCUT2D eigenvalue weighted by molar-refractivity contribution is 7.85. The molecule has 0 amide bonds. The fourth-order valence-electron chi connectivity index (χ4n) is 2.27. The third-order valence-electron chi connectivity index (χ3n) is 3.09. The molecular formula is C10H13NO3S. The SMILES string of the molecule is CC1C[N+](C)(S(=O)(=O)[O-])c2ccccc21. The van der Waals surface area contributed by atoms with Crippen molar-refractivity contribution in [3.8, 4) is 0 Å². The van der Waals surface area contributed by atoms with Crippen LogP contribution in [0.15, 0.2) is 24.3 Å². The monoisotopic (exact) mass is 227 g/mol. The number of benzene rings is 1. The third kappa shape index (κ3) is 1.39. The minimum absolute atomic E-state index is 0.106. The summed E-state index contributed by atoms with van der Waals surface area (Å²) in [6.45, 7) is 2.26. The summed E-state index contributed by atoms with van der Waals surface area (Å²) >= 11 is 0. The number of para-hydroxylation sites is 1. The lowest BCUT2D eigenvalue weighted by Gasteiger charge is -2.31. The topological polar surface area (TPSA) is 57.2 Å². The average Bonchev–Trinajstić information content (AvgIpc) is 2.41. The van der Waals surface area contributed by atoms with Crippen molar-refractivity contribution in [3.05, 3.63) is 29.8 Å². The maximum Gasteiger partial charge on any atom is 0.259 e. The Kier molecular flexibility index (Phi) is 2.15. The molecule has 0 N–H and O–H groups in total. The van der Waals surface area contributed by atoms with Crippen molar-refractivity contribution in [2.24, 2.45) is 0 Å². The molecular weight excluding hydrogens is 214 g/mol. The van der Waals surface area contributed by atoms with Crippen LogP contribution in [0, 0.1) is 0 Å². The number of fused-ring (bicyclic) bond motifs is 1. The first-order valence-corrected chi connectivity index (χ1v) is 6.14. The number of quaternary nitrogens is 1. The molecule has 0 aromatic heterocycles. The van der Waals surface area contributed by atoms with E-state index in [0.717, 1.165) is 5.56 Å². The summed E-state index contributed by atoms with van der Waals surface area (Å²) in [7, 11) is -2.90. The number of nitrogens with zero attached hydrogens (tertiary/aromatic N) is 1. The second-order valence-corrected chi connectivity index (χ2v) is 5.83. The van der Waals surface area contributed by atoms with Gasteiger partial charge in [0.2, 0.25) is 0 Å². The van der Waals surface area contributed by atoms with E-state index in [2.05, 4.69) is 0 Å². The van der Waals surface area contributed by atoms with Gasteiger partial charge in [0.15, 0.2) is 5.69 Å². The first-order valence-electron chi connectivity index (χ1n) is 4.77. The predicted octanol–water partition coefficient (Wildman–Crippen LogP) is 1.20. The molecule has 0 saturated heterocycles. The molecule has 2 atom stereocenters. The molecule has 1 aliphatic rings. The van der Waals surface area contributed by atoms with E-state index in [1.54, 1.807) is 12.1 Å². The molecule has 0 saturated carbocycles. The van der Waals surface area contributed by atoms with Gasteiger partial charge in [0, 0.05) is 17.5 Å². The van der Waals surface area contributed by atoms with Crippen molar-refractivity contribution in [1.29, 1.82) is 0 Å². The lowest BCUT2D eigenvalue weighted by molar-refractivity contribution is 0.376. The lowest BCUT2D eigenvalue weighted by Crippen LogP contribution is -2.48. The maximum absolute atomic E-state index is 11.3. The second kappa shape index (κ2) is 3.04. The van der Waals surface area contributed by atoms with Gasteiger partial charge < -0.3 is 4.55 Å². The van der Waals surface area contributed by atoms with Crippen LogP contribution in [0.2, 0.25) is 0 Å². The van der Waals surface area contributed by atoms with Crippen LogP contribution >= 0.6 is 0 Å². The highest BCUT2D eigenvalue weighted by atomic mass is 32.2. The number of rotatable bonds is 1. The Morgan fingerprint density at radius 3 is 2.60 bits per heavy atom. The molecule has 0 bridgehead atoms. The zero-order valence-electron chi connectivity index (χ0n) is 8.67. The first-order chi connectivity index (χ1) is 6.86. The summed E-state index contributed by atoms with van der Waals surface area (Å²) in [4.78, 5) is 0. The van der Waals surface area contributed by atoms with Gasteiger partial charge in [-0.25, -0.2) is 0 Å². The standard InChI is InChI=1S/C10H13NO3S/c1-8-7-11(2,15(12,13)14)10-6-4-3-5-9(8)10/h3-6,8H,7H2,1-2H3. The smallest absolute Gasteiger partial charge is 0.259 e. The molecule has 1 aromatic carbocycles. The molecule has 2 rings (SSSR count). The van der Waals surface area contributed by atoms with Crippen molar-refractivity contribution < 1.29 is 13.0 Å². The number of hydrogen-bond acceptors (Lipinski definition) is 3. The summed E-state index contributed by atoms with van der Waals surface area (Å²) in [5.74, 6) is 0.106. The fraction of sp³-hybridized carbons (Fsp3) is 0.400. The van der Waals surface area contributed by atoms with Crippen LogP contribution in [0.25, 0.3) is 0 Å². The minimum Gasteiger partial charge on any atom is -0.701 e. The molecule has 2 unspecified atom stereocenters. The fourth-order valence-corrected chi connectivity index (χ4v) is 3.08. The summed E-state index contributed by atoms with van der Waals surface area (Å²) in [5, 5.41) is 0. The number of hydrogen-bond donors (Lipinski definition) is 0. The Labute approximate surface area is 89.6 Å². The lowest BCUT2D eigenvalue weighted by atomic mass is 10.0. The molecule has 1 aromatic rings. The Morgan fingerprint density at radius 1 is 1.40 bits per heavy atom. The third-order valence-corrected chi connectivity index (χ3v) is 4.43. The Hall–Kier alpha value is -0.910. The average molecular weight is 227 g/mol. The predicted molar refractivity (Wildman–Crippen MR) is 57.1 cm³/mol. The van der Waals surface area contributed by atoms with E-state index < -0.39 is 14.2 Å². The van der Waals surface area contributed by atoms with E-state index in [0.29, 0.717) is 12.2 Å². The van der Waals surface area contributed by atoms with Crippen LogP contribution in [0.1, 0.15) is 18.4 Å². The molecule has 5 heteroatoms. The van der Waals surface area contributed by atoms with Crippen LogP contribution < -0.4 is 3.89 Å². The number of likely N-dealkylation sites (N-methyl/N-ethyl adjacent to an activating group) is 1. The van der Waals surface area contributed by atoms with Gasteiger partial charge >= 0.3 is 0 Å². The normalized spacial score (nSPS) is 30.2. The van der Waals surface area contributed by atoms with Crippen molar-refractivity contribution in [2.75, 3.05) is 13.6 Å². The molecule has 0 fully saturated rings. The molecule has 0 radical (unpaired) electrons. The molecule has 1 heterocycles. The van der Waals surface area contributed by atoms with Crippen molar-refractivity contribution in [3.63, 3.8) is 0 Å². The van der Waals surface area contributed by atoms with E-state index >= 15 is 0 Å². The van der Waals surface area contributed by atoms with E-state index in [1.807, 2.05) is 19.1 Å². The van der Waals surface area contributed by atoms with Gasteiger partial charge in [-0.1, -0.05) is 25.1 Å². The van der Waals surface area contributed by atoms with Crippen LogP contribution in [0.4, 0.5) is 5.69 Å². The summed E-state index contributed by atoms with van der Waals surface area (Å²) in [6, 6.07) is 7.23. The van der Waals surface area contributed by atoms with Gasteiger partial charge in [-0.15, -0.1) is 0 Å². The second-order valence-electron chi connectivity index (χ2n) is 4.17. The molecule has 82 valence electrons. The molecule has 0 spiro atoms.